The molecule has 0 aliphatic rings. The van der Waals surface area contributed by atoms with Crippen molar-refractivity contribution in [2.75, 3.05) is 13.2 Å². The molecule has 1 aromatic heterocycles. The second kappa shape index (κ2) is 12.9. The summed E-state index contributed by atoms with van der Waals surface area (Å²) < 4.78 is 14.6. The third-order valence-electron chi connectivity index (χ3n) is 6.62. The Morgan fingerprint density at radius 1 is 0.868 bits per heavy atom. The van der Waals surface area contributed by atoms with Crippen molar-refractivity contribution in [3.8, 4) is 28.6 Å². The van der Waals surface area contributed by atoms with E-state index in [1.54, 1.807) is 18.2 Å². The van der Waals surface area contributed by atoms with Crippen LogP contribution in [0.1, 0.15) is 47.5 Å². The Balaban J connectivity index is 1.60. The van der Waals surface area contributed by atoms with Crippen LogP contribution in [-0.4, -0.2) is 39.7 Å². The summed E-state index contributed by atoms with van der Waals surface area (Å²) in [5, 5.41) is 0.957. The minimum atomic E-state index is 0.459. The van der Waals surface area contributed by atoms with E-state index >= 15 is 0 Å². The highest BCUT2D eigenvalue weighted by Gasteiger charge is 2.16. The summed E-state index contributed by atoms with van der Waals surface area (Å²) in [6.07, 6.45) is 2.15. The first kappa shape index (κ1) is 28.3. The summed E-state index contributed by atoms with van der Waals surface area (Å²) in [7, 11) is 0. The van der Waals surface area contributed by atoms with Crippen molar-refractivity contribution in [2.45, 2.75) is 66.1 Å². The van der Waals surface area contributed by atoms with Crippen LogP contribution in [0, 0.1) is 0 Å². The Morgan fingerprint density at radius 2 is 1.61 bits per heavy atom. The normalized spacial score (nSPS) is 11.7. The van der Waals surface area contributed by atoms with Crippen LogP contribution >= 0.6 is 23.2 Å². The van der Waals surface area contributed by atoms with Gasteiger partial charge in [0.2, 0.25) is 0 Å². The number of hydrogen-bond acceptors (Lipinski definition) is 4. The molecule has 0 spiro atoms. The van der Waals surface area contributed by atoms with E-state index in [2.05, 4.69) is 62.3 Å². The van der Waals surface area contributed by atoms with Gasteiger partial charge in [0.05, 0.1) is 21.1 Å². The molecule has 38 heavy (non-hydrogen) atoms. The minimum absolute atomic E-state index is 0.459. The van der Waals surface area contributed by atoms with Gasteiger partial charge in [-0.05, 0) is 70.5 Å². The Bertz CT molecular complexity index is 1360. The number of aromatic nitrogens is 2. The molecule has 4 rings (SSSR count). The van der Waals surface area contributed by atoms with Gasteiger partial charge in [0.15, 0.2) is 0 Å². The lowest BCUT2D eigenvalue weighted by molar-refractivity contribution is 0.142. The quantitative estimate of drug-likeness (QED) is 0.175. The van der Waals surface area contributed by atoms with Gasteiger partial charge in [-0.3, -0.25) is 4.90 Å². The van der Waals surface area contributed by atoms with Gasteiger partial charge < -0.3 is 14.0 Å². The fraction of sp³-hybridized carbons (Fsp3) is 0.387. The molecule has 7 heteroatoms. The number of imidazole rings is 1. The average molecular weight is 555 g/mol. The summed E-state index contributed by atoms with van der Waals surface area (Å²) >= 11 is 12.2. The van der Waals surface area contributed by atoms with Crippen LogP contribution in [0.5, 0.6) is 17.2 Å². The van der Waals surface area contributed by atoms with Gasteiger partial charge in [-0.25, -0.2) is 4.98 Å². The minimum Gasteiger partial charge on any atom is -0.492 e. The van der Waals surface area contributed by atoms with E-state index < -0.39 is 0 Å². The van der Waals surface area contributed by atoms with Crippen LogP contribution in [0.2, 0.25) is 10.0 Å². The molecule has 0 unspecified atom stereocenters. The molecule has 5 nitrogen and oxygen atoms in total. The summed E-state index contributed by atoms with van der Waals surface area (Å²) in [5.74, 6) is 3.12. The van der Waals surface area contributed by atoms with Gasteiger partial charge in [-0.2, -0.15) is 0 Å². The zero-order chi connectivity index (χ0) is 27.2. The Hall–Kier alpha value is -2.73. The van der Waals surface area contributed by atoms with E-state index in [4.69, 9.17) is 37.7 Å². The van der Waals surface area contributed by atoms with Crippen molar-refractivity contribution in [3.05, 3.63) is 70.7 Å². The Labute approximate surface area is 236 Å². The fourth-order valence-corrected chi connectivity index (χ4v) is 5.00. The highest BCUT2D eigenvalue weighted by atomic mass is 35.5. The van der Waals surface area contributed by atoms with E-state index in [9.17, 15) is 0 Å². The fourth-order valence-electron chi connectivity index (χ4n) is 4.71. The molecular weight excluding hydrogens is 517 g/mol. The molecule has 0 aliphatic heterocycles. The molecule has 0 atom stereocenters. The van der Waals surface area contributed by atoms with Crippen LogP contribution in [0.15, 0.2) is 60.7 Å². The molecule has 0 saturated carbocycles. The number of ether oxygens (including phenoxy) is 2. The smallest absolute Gasteiger partial charge is 0.141 e. The van der Waals surface area contributed by atoms with E-state index in [0.29, 0.717) is 40.2 Å². The van der Waals surface area contributed by atoms with Crippen LogP contribution in [0.25, 0.3) is 22.4 Å². The van der Waals surface area contributed by atoms with Crippen LogP contribution in [0.4, 0.5) is 0 Å². The third kappa shape index (κ3) is 6.82. The van der Waals surface area contributed by atoms with E-state index in [1.165, 1.54) is 0 Å². The first-order valence-electron chi connectivity index (χ1n) is 13.4. The van der Waals surface area contributed by atoms with Crippen molar-refractivity contribution in [3.63, 3.8) is 0 Å². The lowest BCUT2D eigenvalue weighted by atomic mass is 10.2. The summed E-state index contributed by atoms with van der Waals surface area (Å²) in [6, 6.07) is 20.4. The average Bonchev–Trinajstić information content (AvgIpc) is 3.25. The summed E-state index contributed by atoms with van der Waals surface area (Å²) in [5.41, 5.74) is 3.01. The van der Waals surface area contributed by atoms with E-state index in [0.717, 1.165) is 54.1 Å². The second-order valence-corrected chi connectivity index (χ2v) is 10.9. The van der Waals surface area contributed by atoms with Crippen LogP contribution in [0.3, 0.4) is 0 Å². The Kier molecular flexibility index (Phi) is 9.59. The molecule has 0 radical (unpaired) electrons. The van der Waals surface area contributed by atoms with Crippen LogP contribution < -0.4 is 9.47 Å². The molecule has 0 bridgehead atoms. The summed E-state index contributed by atoms with van der Waals surface area (Å²) in [6.45, 7) is 13.5. The number of hydrogen-bond donors (Lipinski definition) is 0. The topological polar surface area (TPSA) is 39.5 Å². The molecule has 3 aromatic carbocycles. The van der Waals surface area contributed by atoms with Gasteiger partial charge in [-0.15, -0.1) is 0 Å². The molecule has 0 amide bonds. The standard InChI is InChI=1S/C31H37Cl2N3O2/c1-6-7-15-36-30-20-24(37-17-16-35(21(2)3)22(4)5)12-14-29(30)34-31(36)23-9-8-10-25(18-23)38-26-11-13-27(32)28(33)19-26/h8-14,18-22H,6-7,15-17H2,1-5H3. The van der Waals surface area contributed by atoms with Crippen molar-refractivity contribution in [1.82, 2.24) is 14.5 Å². The largest absolute Gasteiger partial charge is 0.492 e. The van der Waals surface area contributed by atoms with Crippen molar-refractivity contribution in [1.29, 1.82) is 0 Å². The van der Waals surface area contributed by atoms with E-state index in [1.807, 2.05) is 24.3 Å². The van der Waals surface area contributed by atoms with Crippen molar-refractivity contribution >= 4 is 34.2 Å². The SMILES string of the molecule is CCCCn1c(-c2cccc(Oc3ccc(Cl)c(Cl)c3)c2)nc2ccc(OCCN(C(C)C)C(C)C)cc21. The number of unbranched alkanes of at least 4 members (excludes halogenated alkanes) is 1. The number of halogens is 2. The molecular formula is C31H37Cl2N3O2. The monoisotopic (exact) mass is 553 g/mol. The zero-order valence-electron chi connectivity index (χ0n) is 22.9. The van der Waals surface area contributed by atoms with Gasteiger partial charge in [0, 0.05) is 42.9 Å². The maximum Gasteiger partial charge on any atom is 0.141 e. The lowest BCUT2D eigenvalue weighted by Gasteiger charge is -2.30. The first-order valence-corrected chi connectivity index (χ1v) is 14.1. The highest BCUT2D eigenvalue weighted by molar-refractivity contribution is 6.42. The predicted molar refractivity (Wildman–Crippen MR) is 159 cm³/mol. The first-order chi connectivity index (χ1) is 18.3. The molecule has 4 aromatic rings. The maximum atomic E-state index is 6.20. The number of fused-ring (bicyclic) bond motifs is 1. The van der Waals surface area contributed by atoms with Gasteiger partial charge >= 0.3 is 0 Å². The molecule has 0 fully saturated rings. The van der Waals surface area contributed by atoms with Gasteiger partial charge in [-0.1, -0.05) is 48.7 Å². The summed E-state index contributed by atoms with van der Waals surface area (Å²) in [4.78, 5) is 7.45. The lowest BCUT2D eigenvalue weighted by Crippen LogP contribution is -2.39. The van der Waals surface area contributed by atoms with E-state index in [-0.39, 0.29) is 0 Å². The predicted octanol–water partition coefficient (Wildman–Crippen LogP) is 9.10. The number of rotatable bonds is 12. The number of nitrogens with zero attached hydrogens (tertiary/aromatic N) is 3. The zero-order valence-corrected chi connectivity index (χ0v) is 24.4. The van der Waals surface area contributed by atoms with Crippen molar-refractivity contribution < 1.29 is 9.47 Å². The number of benzene rings is 3. The third-order valence-corrected chi connectivity index (χ3v) is 7.36. The number of aryl methyl sites for hydroxylation is 1. The van der Waals surface area contributed by atoms with Crippen LogP contribution in [-0.2, 0) is 6.54 Å². The highest BCUT2D eigenvalue weighted by Crippen LogP contribution is 2.33. The van der Waals surface area contributed by atoms with Gasteiger partial charge in [0.25, 0.3) is 0 Å². The van der Waals surface area contributed by atoms with Gasteiger partial charge in [0.1, 0.15) is 29.7 Å². The van der Waals surface area contributed by atoms with Crippen molar-refractivity contribution in [2.24, 2.45) is 0 Å². The molecule has 1 heterocycles. The maximum absolute atomic E-state index is 6.20. The second-order valence-electron chi connectivity index (χ2n) is 10.1. The molecule has 202 valence electrons. The molecule has 0 saturated heterocycles. The Morgan fingerprint density at radius 3 is 2.32 bits per heavy atom. The molecule has 0 N–H and O–H groups in total. The molecule has 0 aliphatic carbocycles.